The van der Waals surface area contributed by atoms with Crippen molar-refractivity contribution in [1.82, 2.24) is 10.3 Å². The zero-order chi connectivity index (χ0) is 24.2. The minimum atomic E-state index is -3.01. The largest absolute Gasteiger partial charge is 0.489 e. The van der Waals surface area contributed by atoms with Gasteiger partial charge < -0.3 is 24.9 Å². The molecular weight excluding hydrogens is 451 g/mol. The molecule has 1 aromatic heterocycles. The lowest BCUT2D eigenvalue weighted by Gasteiger charge is -2.12. The Morgan fingerprint density at radius 3 is 2.68 bits per heavy atom. The number of amides is 1. The maximum atomic E-state index is 13.9. The molecule has 3 aromatic rings. The van der Waals surface area contributed by atoms with E-state index in [-0.39, 0.29) is 35.4 Å². The van der Waals surface area contributed by atoms with Gasteiger partial charge in [0.1, 0.15) is 5.82 Å². The highest BCUT2D eigenvalue weighted by Crippen LogP contribution is 2.37. The summed E-state index contributed by atoms with van der Waals surface area (Å²) in [6, 6.07) is 9.68. The van der Waals surface area contributed by atoms with Crippen LogP contribution in [0.25, 0.3) is 11.5 Å². The number of halogens is 3. The lowest BCUT2D eigenvalue weighted by Crippen LogP contribution is -2.25. The van der Waals surface area contributed by atoms with E-state index < -0.39 is 24.4 Å². The van der Waals surface area contributed by atoms with Gasteiger partial charge in [0.25, 0.3) is 5.91 Å². The highest BCUT2D eigenvalue weighted by molar-refractivity contribution is 5.94. The molecule has 2 aromatic carbocycles. The first-order valence-electron chi connectivity index (χ1n) is 10.8. The standard InChI is InChI=1S/C24H24F3N3O4/c1-13(28)21-20(22(31)29-11-16-4-2-3-5-17(16)25)30-23(34-21)15-8-9-18(33-24(26)27)19(10-15)32-12-14-6-7-14/h2-5,8-10,13-14,24H,6-7,11-12,28H2,1H3,(H,29,31). The third-order valence-electron chi connectivity index (χ3n) is 5.26. The number of hydrogen-bond acceptors (Lipinski definition) is 6. The first kappa shape index (κ1) is 23.6. The molecule has 3 N–H and O–H groups in total. The molecule has 34 heavy (non-hydrogen) atoms. The van der Waals surface area contributed by atoms with E-state index in [0.717, 1.165) is 12.8 Å². The Balaban J connectivity index is 1.59. The summed E-state index contributed by atoms with van der Waals surface area (Å²) in [5, 5.41) is 2.61. The van der Waals surface area contributed by atoms with Crippen molar-refractivity contribution in [2.45, 2.75) is 39.0 Å². The van der Waals surface area contributed by atoms with Crippen molar-refractivity contribution in [3.63, 3.8) is 0 Å². The molecule has 1 heterocycles. The number of carbonyl (C=O) groups is 1. The molecule has 1 aliphatic rings. The van der Waals surface area contributed by atoms with E-state index in [4.69, 9.17) is 14.9 Å². The molecule has 10 heteroatoms. The van der Waals surface area contributed by atoms with Crippen LogP contribution in [0.5, 0.6) is 11.5 Å². The lowest BCUT2D eigenvalue weighted by molar-refractivity contribution is -0.0515. The number of hydrogen-bond donors (Lipinski definition) is 2. The fraction of sp³-hybridized carbons (Fsp3) is 0.333. The monoisotopic (exact) mass is 475 g/mol. The Morgan fingerprint density at radius 1 is 1.24 bits per heavy atom. The third kappa shape index (κ3) is 5.69. The van der Waals surface area contributed by atoms with Gasteiger partial charge in [-0.25, -0.2) is 9.37 Å². The summed E-state index contributed by atoms with van der Waals surface area (Å²) in [4.78, 5) is 17.1. The molecule has 0 bridgehead atoms. The highest BCUT2D eigenvalue weighted by atomic mass is 19.3. The van der Waals surface area contributed by atoms with Gasteiger partial charge in [-0.3, -0.25) is 4.79 Å². The van der Waals surface area contributed by atoms with Crippen molar-refractivity contribution in [1.29, 1.82) is 0 Å². The molecular formula is C24H24F3N3O4. The van der Waals surface area contributed by atoms with Crippen molar-refractivity contribution >= 4 is 5.91 Å². The van der Waals surface area contributed by atoms with Crippen molar-refractivity contribution in [2.75, 3.05) is 6.61 Å². The van der Waals surface area contributed by atoms with Gasteiger partial charge in [-0.2, -0.15) is 8.78 Å². The van der Waals surface area contributed by atoms with Gasteiger partial charge in [0, 0.05) is 17.7 Å². The zero-order valence-corrected chi connectivity index (χ0v) is 18.4. The quantitative estimate of drug-likeness (QED) is 0.436. The van der Waals surface area contributed by atoms with Gasteiger partial charge >= 0.3 is 6.61 Å². The van der Waals surface area contributed by atoms with Crippen molar-refractivity contribution in [3.05, 3.63) is 65.3 Å². The Hall–Kier alpha value is -3.53. The Bertz CT molecular complexity index is 1160. The van der Waals surface area contributed by atoms with Crippen molar-refractivity contribution < 1.29 is 31.9 Å². The third-order valence-corrected chi connectivity index (χ3v) is 5.26. The smallest absolute Gasteiger partial charge is 0.387 e. The summed E-state index contributed by atoms with van der Waals surface area (Å²) in [6.07, 6.45) is 2.04. The number of carbonyl (C=O) groups excluding carboxylic acids is 1. The van der Waals surface area contributed by atoms with E-state index in [9.17, 15) is 18.0 Å². The summed E-state index contributed by atoms with van der Waals surface area (Å²) in [5.41, 5.74) is 6.63. The van der Waals surface area contributed by atoms with E-state index in [1.807, 2.05) is 0 Å². The van der Waals surface area contributed by atoms with Gasteiger partial charge in [0.05, 0.1) is 12.6 Å². The van der Waals surface area contributed by atoms with Crippen LogP contribution in [0.4, 0.5) is 13.2 Å². The molecule has 1 saturated carbocycles. The number of rotatable bonds is 10. The molecule has 1 aliphatic carbocycles. The van der Waals surface area contributed by atoms with Crippen LogP contribution in [0.2, 0.25) is 0 Å². The molecule has 0 radical (unpaired) electrons. The molecule has 1 amide bonds. The number of benzene rings is 2. The minimum absolute atomic E-state index is 0.0466. The summed E-state index contributed by atoms with van der Waals surface area (Å²) < 4.78 is 55.5. The van der Waals surface area contributed by atoms with Gasteiger partial charge in [0.2, 0.25) is 5.89 Å². The van der Waals surface area contributed by atoms with Crippen LogP contribution in [0.1, 0.15) is 47.6 Å². The maximum Gasteiger partial charge on any atom is 0.387 e. The Morgan fingerprint density at radius 2 is 2.00 bits per heavy atom. The normalized spacial score (nSPS) is 14.2. The number of alkyl halides is 2. The van der Waals surface area contributed by atoms with Crippen LogP contribution in [-0.2, 0) is 6.54 Å². The molecule has 0 saturated heterocycles. The predicted molar refractivity (Wildman–Crippen MR) is 117 cm³/mol. The number of nitrogens with one attached hydrogen (secondary N) is 1. The molecule has 1 fully saturated rings. The molecule has 1 atom stereocenters. The average molecular weight is 475 g/mol. The van der Waals surface area contributed by atoms with E-state index in [2.05, 4.69) is 15.0 Å². The van der Waals surface area contributed by atoms with Gasteiger partial charge in [-0.05, 0) is 49.9 Å². The van der Waals surface area contributed by atoms with Crippen LogP contribution in [0.3, 0.4) is 0 Å². The average Bonchev–Trinajstić information content (AvgIpc) is 3.52. The molecule has 180 valence electrons. The SMILES string of the molecule is CC(N)c1oc(-c2ccc(OC(F)F)c(OCC3CC3)c2)nc1C(=O)NCc1ccccc1F. The van der Waals surface area contributed by atoms with E-state index in [0.29, 0.717) is 23.7 Å². The van der Waals surface area contributed by atoms with E-state index in [1.54, 1.807) is 25.1 Å². The molecule has 0 aliphatic heterocycles. The Kier molecular flexibility index (Phi) is 7.06. The summed E-state index contributed by atoms with van der Waals surface area (Å²) >= 11 is 0. The topological polar surface area (TPSA) is 99.6 Å². The number of aromatic nitrogens is 1. The number of oxazole rings is 1. The number of nitrogens with two attached hydrogens (primary N) is 1. The molecule has 0 spiro atoms. The van der Waals surface area contributed by atoms with Crippen LogP contribution >= 0.6 is 0 Å². The van der Waals surface area contributed by atoms with Crippen molar-refractivity contribution in [3.8, 4) is 23.0 Å². The first-order chi connectivity index (χ1) is 16.3. The highest BCUT2D eigenvalue weighted by Gasteiger charge is 2.26. The second-order valence-corrected chi connectivity index (χ2v) is 8.09. The van der Waals surface area contributed by atoms with Crippen LogP contribution in [0, 0.1) is 11.7 Å². The van der Waals surface area contributed by atoms with Crippen LogP contribution in [-0.4, -0.2) is 24.1 Å². The molecule has 4 rings (SSSR count). The molecule has 7 nitrogen and oxygen atoms in total. The summed E-state index contributed by atoms with van der Waals surface area (Å²) in [5.74, 6) is -0.442. The maximum absolute atomic E-state index is 13.9. The van der Waals surface area contributed by atoms with Gasteiger partial charge in [-0.15, -0.1) is 0 Å². The van der Waals surface area contributed by atoms with Gasteiger partial charge in [-0.1, -0.05) is 18.2 Å². The fourth-order valence-corrected chi connectivity index (χ4v) is 3.27. The molecule has 1 unspecified atom stereocenters. The lowest BCUT2D eigenvalue weighted by atomic mass is 10.2. The first-order valence-corrected chi connectivity index (χ1v) is 10.8. The van der Waals surface area contributed by atoms with Crippen LogP contribution < -0.4 is 20.5 Å². The number of nitrogens with zero attached hydrogens (tertiary/aromatic N) is 1. The summed E-state index contributed by atoms with van der Waals surface area (Å²) in [6.45, 7) is -1.05. The predicted octanol–water partition coefficient (Wildman–Crippen LogP) is 4.82. The van der Waals surface area contributed by atoms with E-state index in [1.165, 1.54) is 24.3 Å². The van der Waals surface area contributed by atoms with Gasteiger partial charge in [0.15, 0.2) is 23.0 Å². The Labute approximate surface area is 194 Å². The van der Waals surface area contributed by atoms with Crippen LogP contribution in [0.15, 0.2) is 46.9 Å². The van der Waals surface area contributed by atoms with Crippen molar-refractivity contribution in [2.24, 2.45) is 11.7 Å². The number of ether oxygens (including phenoxy) is 2. The zero-order valence-electron chi connectivity index (χ0n) is 18.4. The van der Waals surface area contributed by atoms with E-state index >= 15 is 0 Å². The fourth-order valence-electron chi connectivity index (χ4n) is 3.27. The summed E-state index contributed by atoms with van der Waals surface area (Å²) in [7, 11) is 0. The second-order valence-electron chi connectivity index (χ2n) is 8.09. The minimum Gasteiger partial charge on any atom is -0.489 e. The second kappa shape index (κ2) is 10.2.